The molecule has 1 heterocycles. The number of phenolic OH excluding ortho intramolecular Hbond substituents is 2. The van der Waals surface area contributed by atoms with Crippen molar-refractivity contribution in [3.63, 3.8) is 0 Å². The van der Waals surface area contributed by atoms with E-state index in [1.807, 2.05) is 11.8 Å². The third kappa shape index (κ3) is 2.66. The molecule has 1 aromatic rings. The van der Waals surface area contributed by atoms with Gasteiger partial charge in [-0.1, -0.05) is 13.0 Å². The molecule has 0 spiro atoms. The van der Waals surface area contributed by atoms with Crippen LogP contribution in [0, 0.1) is 5.41 Å². The van der Waals surface area contributed by atoms with Crippen LogP contribution in [0.1, 0.15) is 25.3 Å². The minimum atomic E-state index is -0.743. The number of carboxylic acids is 1. The first-order chi connectivity index (χ1) is 8.97. The zero-order chi connectivity index (χ0) is 14.0. The molecule has 0 saturated carbocycles. The quantitative estimate of drug-likeness (QED) is 0.773. The van der Waals surface area contributed by atoms with E-state index in [9.17, 15) is 20.1 Å². The van der Waals surface area contributed by atoms with Gasteiger partial charge in [0.05, 0.1) is 5.41 Å². The first-order valence-corrected chi connectivity index (χ1v) is 6.43. The van der Waals surface area contributed by atoms with E-state index in [1.54, 1.807) is 6.07 Å². The van der Waals surface area contributed by atoms with Crippen molar-refractivity contribution >= 4 is 5.97 Å². The predicted octanol–water partition coefficient (Wildman–Crippen LogP) is 1.78. The number of phenols is 2. The summed E-state index contributed by atoms with van der Waals surface area (Å²) in [6, 6.07) is 4.49. The maximum absolute atomic E-state index is 11.4. The number of carboxylic acid groups (broad SMARTS) is 1. The van der Waals surface area contributed by atoms with Gasteiger partial charge in [-0.05, 0) is 25.5 Å². The summed E-state index contributed by atoms with van der Waals surface area (Å²) in [4.78, 5) is 13.4. The molecule has 3 N–H and O–H groups in total. The van der Waals surface area contributed by atoms with Gasteiger partial charge < -0.3 is 15.3 Å². The van der Waals surface area contributed by atoms with E-state index in [0.717, 1.165) is 0 Å². The highest BCUT2D eigenvalue weighted by Gasteiger charge is 2.43. The maximum Gasteiger partial charge on any atom is 0.310 e. The van der Waals surface area contributed by atoms with Crippen LogP contribution in [0.5, 0.6) is 11.5 Å². The van der Waals surface area contributed by atoms with Crippen molar-refractivity contribution in [2.45, 2.75) is 26.3 Å². The maximum atomic E-state index is 11.4. The first-order valence-electron chi connectivity index (χ1n) is 6.43. The molecule has 1 aromatic carbocycles. The summed E-state index contributed by atoms with van der Waals surface area (Å²) in [5, 5.41) is 28.3. The van der Waals surface area contributed by atoms with Crippen LogP contribution in [0.25, 0.3) is 0 Å². The van der Waals surface area contributed by atoms with Crippen LogP contribution in [0.3, 0.4) is 0 Å². The Kier molecular flexibility index (Phi) is 3.66. The molecular formula is C14H19NO4. The molecule has 1 fully saturated rings. The van der Waals surface area contributed by atoms with Crippen LogP contribution in [0.15, 0.2) is 18.2 Å². The highest BCUT2D eigenvalue weighted by Crippen LogP contribution is 2.35. The number of hydrogen-bond donors (Lipinski definition) is 3. The largest absolute Gasteiger partial charge is 0.508 e. The summed E-state index contributed by atoms with van der Waals surface area (Å²) in [6.07, 6.45) is 1.25. The van der Waals surface area contributed by atoms with E-state index in [4.69, 9.17) is 0 Å². The summed E-state index contributed by atoms with van der Waals surface area (Å²) in [6.45, 7) is 3.61. The van der Waals surface area contributed by atoms with Gasteiger partial charge in [0.15, 0.2) is 0 Å². The fourth-order valence-electron chi connectivity index (χ4n) is 2.63. The van der Waals surface area contributed by atoms with Gasteiger partial charge in [-0.15, -0.1) is 0 Å². The molecule has 0 aliphatic carbocycles. The molecule has 2 rings (SSSR count). The van der Waals surface area contributed by atoms with E-state index in [-0.39, 0.29) is 11.5 Å². The molecule has 104 valence electrons. The number of carbonyl (C=O) groups is 1. The Labute approximate surface area is 112 Å². The second kappa shape index (κ2) is 5.09. The monoisotopic (exact) mass is 265 g/mol. The lowest BCUT2D eigenvalue weighted by Crippen LogP contribution is -2.33. The number of hydrogen-bond acceptors (Lipinski definition) is 4. The number of rotatable bonds is 4. The highest BCUT2D eigenvalue weighted by molar-refractivity contribution is 5.75. The van der Waals surface area contributed by atoms with Crippen LogP contribution >= 0.6 is 0 Å². The van der Waals surface area contributed by atoms with Crippen LogP contribution < -0.4 is 0 Å². The minimum absolute atomic E-state index is 0.0242. The van der Waals surface area contributed by atoms with Crippen LogP contribution in [-0.4, -0.2) is 39.3 Å². The lowest BCUT2D eigenvalue weighted by atomic mass is 9.84. The molecule has 0 amide bonds. The van der Waals surface area contributed by atoms with Gasteiger partial charge in [0.2, 0.25) is 0 Å². The van der Waals surface area contributed by atoms with Crippen LogP contribution in [-0.2, 0) is 11.3 Å². The molecule has 1 saturated heterocycles. The van der Waals surface area contributed by atoms with E-state index >= 15 is 0 Å². The van der Waals surface area contributed by atoms with Crippen molar-refractivity contribution in [3.8, 4) is 11.5 Å². The Morgan fingerprint density at radius 2 is 2.16 bits per heavy atom. The molecule has 1 unspecified atom stereocenters. The standard InChI is InChI=1S/C14H19NO4/c1-2-14(13(18)19)5-6-15(9-14)8-10-3-4-11(16)7-12(10)17/h3-4,7,16-17H,2,5-6,8-9H2,1H3,(H,18,19). The van der Waals surface area contributed by atoms with Gasteiger partial charge >= 0.3 is 5.97 Å². The fraction of sp³-hybridized carbons (Fsp3) is 0.500. The second-order valence-electron chi connectivity index (χ2n) is 5.21. The van der Waals surface area contributed by atoms with Gasteiger partial charge in [-0.2, -0.15) is 0 Å². The van der Waals surface area contributed by atoms with Gasteiger partial charge in [-0.3, -0.25) is 9.69 Å². The number of aliphatic carboxylic acids is 1. The van der Waals surface area contributed by atoms with Gasteiger partial charge in [0.1, 0.15) is 11.5 Å². The van der Waals surface area contributed by atoms with Gasteiger partial charge in [-0.25, -0.2) is 0 Å². The Morgan fingerprint density at radius 3 is 2.68 bits per heavy atom. The smallest absolute Gasteiger partial charge is 0.310 e. The van der Waals surface area contributed by atoms with Crippen molar-refractivity contribution in [1.82, 2.24) is 4.90 Å². The molecule has 5 nitrogen and oxygen atoms in total. The van der Waals surface area contributed by atoms with E-state index in [2.05, 4.69) is 0 Å². The average molecular weight is 265 g/mol. The van der Waals surface area contributed by atoms with Crippen molar-refractivity contribution in [2.24, 2.45) is 5.41 Å². The Bertz CT molecular complexity index is 488. The lowest BCUT2D eigenvalue weighted by Gasteiger charge is -2.23. The van der Waals surface area contributed by atoms with Gasteiger partial charge in [0.25, 0.3) is 0 Å². The van der Waals surface area contributed by atoms with E-state index in [0.29, 0.717) is 38.0 Å². The molecule has 1 aliphatic heterocycles. The van der Waals surface area contributed by atoms with E-state index < -0.39 is 11.4 Å². The number of likely N-dealkylation sites (tertiary alicyclic amines) is 1. The molecule has 5 heteroatoms. The molecule has 0 bridgehead atoms. The van der Waals surface area contributed by atoms with Crippen LogP contribution in [0.2, 0.25) is 0 Å². The summed E-state index contributed by atoms with van der Waals surface area (Å²) >= 11 is 0. The third-order valence-corrected chi connectivity index (χ3v) is 4.03. The minimum Gasteiger partial charge on any atom is -0.508 e. The zero-order valence-electron chi connectivity index (χ0n) is 11.0. The average Bonchev–Trinajstić information content (AvgIpc) is 2.77. The normalized spacial score (nSPS) is 23.6. The fourth-order valence-corrected chi connectivity index (χ4v) is 2.63. The van der Waals surface area contributed by atoms with E-state index in [1.165, 1.54) is 12.1 Å². The summed E-state index contributed by atoms with van der Waals surface area (Å²) in [7, 11) is 0. The Morgan fingerprint density at radius 1 is 1.42 bits per heavy atom. The second-order valence-corrected chi connectivity index (χ2v) is 5.21. The van der Waals surface area contributed by atoms with Crippen molar-refractivity contribution in [2.75, 3.05) is 13.1 Å². The summed E-state index contributed by atoms with van der Waals surface area (Å²) < 4.78 is 0. The van der Waals surface area contributed by atoms with Crippen molar-refractivity contribution < 1.29 is 20.1 Å². The SMILES string of the molecule is CCC1(C(=O)O)CCN(Cc2ccc(O)cc2O)C1. The molecule has 1 atom stereocenters. The molecule has 19 heavy (non-hydrogen) atoms. The highest BCUT2D eigenvalue weighted by atomic mass is 16.4. The number of benzene rings is 1. The summed E-state index contributed by atoms with van der Waals surface area (Å²) in [5.41, 5.74) is 0.0436. The Balaban J connectivity index is 2.08. The topological polar surface area (TPSA) is 81.0 Å². The molecular weight excluding hydrogens is 246 g/mol. The predicted molar refractivity (Wildman–Crippen MR) is 70.0 cm³/mol. The zero-order valence-corrected chi connectivity index (χ0v) is 11.0. The van der Waals surface area contributed by atoms with Crippen LogP contribution in [0.4, 0.5) is 0 Å². The molecule has 1 aliphatic rings. The first kappa shape index (κ1) is 13.7. The Hall–Kier alpha value is -1.75. The summed E-state index contributed by atoms with van der Waals surface area (Å²) in [5.74, 6) is -0.673. The van der Waals surface area contributed by atoms with Crippen molar-refractivity contribution in [1.29, 1.82) is 0 Å². The number of aromatic hydroxyl groups is 2. The van der Waals surface area contributed by atoms with Crippen molar-refractivity contribution in [3.05, 3.63) is 23.8 Å². The lowest BCUT2D eigenvalue weighted by molar-refractivity contribution is -0.148. The molecule has 0 radical (unpaired) electrons. The molecule has 0 aromatic heterocycles. The third-order valence-electron chi connectivity index (χ3n) is 4.03. The van der Waals surface area contributed by atoms with Gasteiger partial charge in [0, 0.05) is 24.7 Å². The number of nitrogens with zero attached hydrogens (tertiary/aromatic N) is 1.